The summed E-state index contributed by atoms with van der Waals surface area (Å²) in [6, 6.07) is 13.3. The number of alkyl halides is 5. The average Bonchev–Trinajstić information content (AvgIpc) is 3.34. The van der Waals surface area contributed by atoms with E-state index in [1.54, 1.807) is 20.8 Å². The molecule has 5 rings (SSSR count). The Morgan fingerprint density at radius 2 is 1.76 bits per heavy atom. The van der Waals surface area contributed by atoms with Gasteiger partial charge in [0.25, 0.3) is 0 Å². The zero-order valence-electron chi connectivity index (χ0n) is 22.8. The van der Waals surface area contributed by atoms with E-state index in [0.29, 0.717) is 0 Å². The maximum Gasteiger partial charge on any atom is 0.420 e. The minimum atomic E-state index is -4.81. The first-order valence-electron chi connectivity index (χ1n) is 13.2. The summed E-state index contributed by atoms with van der Waals surface area (Å²) in [6.07, 6.45) is -4.42. The molecular weight excluding hydrogens is 541 g/mol. The maximum atomic E-state index is 14.8. The van der Waals surface area contributed by atoms with Crippen LogP contribution < -0.4 is 4.74 Å². The fourth-order valence-corrected chi connectivity index (χ4v) is 5.21. The molecule has 41 heavy (non-hydrogen) atoms. The molecule has 3 aromatic heterocycles. The Kier molecular flexibility index (Phi) is 7.22. The largest absolute Gasteiger partial charge is 0.488 e. The summed E-state index contributed by atoms with van der Waals surface area (Å²) in [6.45, 7) is 4.96. The Labute approximate surface area is 233 Å². The second-order valence-corrected chi connectivity index (χ2v) is 11.3. The van der Waals surface area contributed by atoms with E-state index < -0.39 is 42.0 Å². The van der Waals surface area contributed by atoms with Gasteiger partial charge in [0.15, 0.2) is 5.69 Å². The van der Waals surface area contributed by atoms with Crippen molar-refractivity contribution in [1.82, 2.24) is 19.7 Å². The number of rotatable bonds is 5. The lowest BCUT2D eigenvalue weighted by Gasteiger charge is -2.29. The third-order valence-electron chi connectivity index (χ3n) is 7.21. The van der Waals surface area contributed by atoms with Crippen LogP contribution in [0.5, 0.6) is 5.75 Å². The van der Waals surface area contributed by atoms with Gasteiger partial charge < -0.3 is 4.74 Å². The highest BCUT2D eigenvalue weighted by atomic mass is 19.4. The van der Waals surface area contributed by atoms with Crippen LogP contribution in [-0.2, 0) is 18.2 Å². The molecule has 1 fully saturated rings. The number of ether oxygens (including phenoxy) is 1. The van der Waals surface area contributed by atoms with E-state index in [2.05, 4.69) is 15.1 Å². The van der Waals surface area contributed by atoms with Crippen molar-refractivity contribution in [2.24, 2.45) is 0 Å². The predicted octanol–water partition coefficient (Wildman–Crippen LogP) is 8.01. The minimum Gasteiger partial charge on any atom is -0.488 e. The molecule has 0 bridgehead atoms. The highest BCUT2D eigenvalue weighted by molar-refractivity contribution is 5.91. The normalized spacial score (nSPS) is 16.1. The average molecular weight is 570 g/mol. The number of fused-ring (bicyclic) bond motifs is 1. The zero-order chi connectivity index (χ0) is 29.6. The van der Waals surface area contributed by atoms with E-state index in [1.165, 1.54) is 23.0 Å². The summed E-state index contributed by atoms with van der Waals surface area (Å²) < 4.78 is 79.9. The fourth-order valence-electron chi connectivity index (χ4n) is 5.21. The molecule has 0 radical (unpaired) electrons. The molecule has 1 aliphatic rings. The highest BCUT2D eigenvalue weighted by Gasteiger charge is 2.46. The molecule has 6 nitrogen and oxygen atoms in total. The van der Waals surface area contributed by atoms with Gasteiger partial charge in [-0.15, -0.1) is 0 Å². The number of pyridine rings is 2. The Morgan fingerprint density at radius 1 is 1.07 bits per heavy atom. The molecule has 0 unspecified atom stereocenters. The van der Waals surface area contributed by atoms with E-state index in [-0.39, 0.29) is 58.9 Å². The number of nitrogens with zero attached hydrogens (tertiary/aromatic N) is 5. The van der Waals surface area contributed by atoms with Gasteiger partial charge in [0.1, 0.15) is 24.0 Å². The van der Waals surface area contributed by atoms with Crippen LogP contribution in [0.25, 0.3) is 22.3 Å². The number of nitriles is 1. The number of hydrogen-bond donors (Lipinski definition) is 0. The van der Waals surface area contributed by atoms with E-state index >= 15 is 0 Å². The quantitative estimate of drug-likeness (QED) is 0.228. The number of hydrogen-bond acceptors (Lipinski definition) is 5. The SMILES string of the molecule is CC(C)(C)c1nn(C2CCC(F)(F)CC2)c(-c2cc(OCc3ccccc3)c3c(C#N)nccc3n2)c1C(F)(F)F. The van der Waals surface area contributed by atoms with Crippen molar-refractivity contribution in [2.45, 2.75) is 76.6 Å². The highest BCUT2D eigenvalue weighted by Crippen LogP contribution is 2.47. The Hall–Kier alpha value is -4.07. The maximum absolute atomic E-state index is 14.8. The molecule has 214 valence electrons. The summed E-state index contributed by atoms with van der Waals surface area (Å²) in [7, 11) is 0. The third kappa shape index (κ3) is 5.73. The van der Waals surface area contributed by atoms with Gasteiger partial charge in [-0.2, -0.15) is 23.5 Å². The first-order chi connectivity index (χ1) is 19.3. The summed E-state index contributed by atoms with van der Waals surface area (Å²) in [4.78, 5) is 8.63. The van der Waals surface area contributed by atoms with Crippen LogP contribution in [0.4, 0.5) is 22.0 Å². The second kappa shape index (κ2) is 10.4. The van der Waals surface area contributed by atoms with E-state index in [9.17, 15) is 27.2 Å². The molecule has 1 aromatic carbocycles. The van der Waals surface area contributed by atoms with Gasteiger partial charge in [0.05, 0.1) is 34.0 Å². The topological polar surface area (TPSA) is 76.6 Å². The molecule has 0 amide bonds. The Morgan fingerprint density at radius 3 is 2.37 bits per heavy atom. The van der Waals surface area contributed by atoms with Gasteiger partial charge >= 0.3 is 6.18 Å². The predicted molar refractivity (Wildman–Crippen MR) is 142 cm³/mol. The lowest BCUT2D eigenvalue weighted by atomic mass is 9.88. The minimum absolute atomic E-state index is 0.0130. The van der Waals surface area contributed by atoms with Crippen LogP contribution in [0.15, 0.2) is 48.7 Å². The summed E-state index contributed by atoms with van der Waals surface area (Å²) in [5.74, 6) is -2.74. The van der Waals surface area contributed by atoms with Crippen molar-refractivity contribution in [2.75, 3.05) is 0 Å². The molecule has 0 N–H and O–H groups in total. The van der Waals surface area contributed by atoms with E-state index in [0.717, 1.165) is 5.56 Å². The van der Waals surface area contributed by atoms with Crippen LogP contribution in [0.1, 0.15) is 75.0 Å². The summed E-state index contributed by atoms with van der Waals surface area (Å²) in [5, 5.41) is 14.4. The van der Waals surface area contributed by atoms with Gasteiger partial charge in [-0.25, -0.2) is 18.7 Å². The number of benzene rings is 1. The molecule has 0 aliphatic heterocycles. The van der Waals surface area contributed by atoms with Gasteiger partial charge in [-0.05, 0) is 24.5 Å². The lowest BCUT2D eigenvalue weighted by molar-refractivity contribution is -0.138. The van der Waals surface area contributed by atoms with Crippen LogP contribution >= 0.6 is 0 Å². The zero-order valence-corrected chi connectivity index (χ0v) is 22.8. The van der Waals surface area contributed by atoms with E-state index in [4.69, 9.17) is 4.74 Å². The molecule has 0 saturated heterocycles. The molecule has 1 aliphatic carbocycles. The molecule has 1 saturated carbocycles. The van der Waals surface area contributed by atoms with Gasteiger partial charge in [0, 0.05) is 30.5 Å². The monoisotopic (exact) mass is 569 g/mol. The van der Waals surface area contributed by atoms with Crippen LogP contribution in [0.2, 0.25) is 0 Å². The smallest absolute Gasteiger partial charge is 0.420 e. The van der Waals surface area contributed by atoms with Crippen LogP contribution in [-0.4, -0.2) is 25.7 Å². The van der Waals surface area contributed by atoms with E-state index in [1.807, 2.05) is 36.4 Å². The molecule has 11 heteroatoms. The van der Waals surface area contributed by atoms with Crippen molar-refractivity contribution in [1.29, 1.82) is 5.26 Å². The Bertz CT molecular complexity index is 1610. The van der Waals surface area contributed by atoms with Crippen molar-refractivity contribution in [3.05, 3.63) is 71.2 Å². The summed E-state index contributed by atoms with van der Waals surface area (Å²) >= 11 is 0. The van der Waals surface area contributed by atoms with Crippen LogP contribution in [0, 0.1) is 11.3 Å². The first kappa shape index (κ1) is 28.5. The van der Waals surface area contributed by atoms with Gasteiger partial charge in [-0.1, -0.05) is 51.1 Å². The molecule has 0 atom stereocenters. The number of halogens is 5. The van der Waals surface area contributed by atoms with Gasteiger partial charge in [0.2, 0.25) is 5.92 Å². The van der Waals surface area contributed by atoms with Crippen molar-refractivity contribution in [3.8, 4) is 23.2 Å². The standard InChI is InChI=1S/C30H28F5N5O/c1-28(2,3)27-25(30(33,34)35)26(40(39-27)19-9-12-29(31,32)13-10-19)21-15-23(41-17-18-7-5-4-6-8-18)24-20(38-21)11-14-37-22(24)16-36/h4-8,11,14-15,19H,9-10,12-13,17H2,1-3H3. The summed E-state index contributed by atoms with van der Waals surface area (Å²) in [5.41, 5.74) is -1.52. The fraction of sp³-hybridized carbons (Fsp3) is 0.400. The molecule has 4 aromatic rings. The molecule has 3 heterocycles. The number of aromatic nitrogens is 4. The van der Waals surface area contributed by atoms with Crippen molar-refractivity contribution in [3.63, 3.8) is 0 Å². The lowest BCUT2D eigenvalue weighted by Crippen LogP contribution is -2.27. The second-order valence-electron chi connectivity index (χ2n) is 11.3. The molecular formula is C30H28F5N5O. The third-order valence-corrected chi connectivity index (χ3v) is 7.21. The van der Waals surface area contributed by atoms with Crippen molar-refractivity contribution >= 4 is 10.9 Å². The van der Waals surface area contributed by atoms with Gasteiger partial charge in [-0.3, -0.25) is 4.68 Å². The first-order valence-corrected chi connectivity index (χ1v) is 13.2. The Balaban J connectivity index is 1.76. The van der Waals surface area contributed by atoms with Crippen molar-refractivity contribution < 1.29 is 26.7 Å². The molecule has 0 spiro atoms. The van der Waals surface area contributed by atoms with Crippen LogP contribution in [0.3, 0.4) is 0 Å².